The van der Waals surface area contributed by atoms with E-state index in [2.05, 4.69) is 5.32 Å². The second-order valence-corrected chi connectivity index (χ2v) is 9.51. The van der Waals surface area contributed by atoms with Gasteiger partial charge in [-0.25, -0.2) is 17.2 Å². The molecule has 2 amide bonds. The zero-order valence-corrected chi connectivity index (χ0v) is 19.7. The number of nitrogens with one attached hydrogen (secondary N) is 1. The largest absolute Gasteiger partial charge is 0.357 e. The Balaban J connectivity index is 2.17. The van der Waals surface area contributed by atoms with Crippen molar-refractivity contribution in [3.8, 4) is 0 Å². The molecule has 2 rings (SSSR count). The van der Waals surface area contributed by atoms with Crippen LogP contribution in [0, 0.1) is 11.6 Å². The number of amides is 2. The van der Waals surface area contributed by atoms with Crippen molar-refractivity contribution in [3.63, 3.8) is 0 Å². The van der Waals surface area contributed by atoms with Crippen molar-refractivity contribution in [1.29, 1.82) is 0 Å². The summed E-state index contributed by atoms with van der Waals surface area (Å²) in [5, 5.41) is 2.56. The first-order valence-corrected chi connectivity index (χ1v) is 12.4. The Labute approximate surface area is 193 Å². The van der Waals surface area contributed by atoms with Crippen LogP contribution in [0.3, 0.4) is 0 Å². The fourth-order valence-corrected chi connectivity index (χ4v) is 4.45. The molecule has 2 aromatic carbocycles. The van der Waals surface area contributed by atoms with Crippen molar-refractivity contribution in [1.82, 2.24) is 10.2 Å². The van der Waals surface area contributed by atoms with Gasteiger partial charge in [-0.1, -0.05) is 19.1 Å². The van der Waals surface area contributed by atoms with E-state index >= 15 is 0 Å². The summed E-state index contributed by atoms with van der Waals surface area (Å²) in [5.74, 6) is -1.55. The third kappa shape index (κ3) is 7.52. The Morgan fingerprint density at radius 2 is 1.55 bits per heavy atom. The molecular weight excluding hydrogens is 452 g/mol. The summed E-state index contributed by atoms with van der Waals surface area (Å²) in [6, 6.07) is 9.98. The summed E-state index contributed by atoms with van der Waals surface area (Å²) < 4.78 is 52.1. The predicted molar refractivity (Wildman–Crippen MR) is 123 cm³/mol. The van der Waals surface area contributed by atoms with Crippen molar-refractivity contribution < 1.29 is 26.8 Å². The van der Waals surface area contributed by atoms with Crippen LogP contribution in [0.2, 0.25) is 0 Å². The number of rotatable bonds is 11. The van der Waals surface area contributed by atoms with Gasteiger partial charge >= 0.3 is 0 Å². The van der Waals surface area contributed by atoms with Gasteiger partial charge in [0.2, 0.25) is 21.8 Å². The summed E-state index contributed by atoms with van der Waals surface area (Å²) in [6.45, 7) is 1.90. The molecule has 1 N–H and O–H groups in total. The molecule has 0 spiro atoms. The summed E-state index contributed by atoms with van der Waals surface area (Å²) in [4.78, 5) is 26.9. The summed E-state index contributed by atoms with van der Waals surface area (Å²) in [5.41, 5.74) is 0.961. The fraction of sp³-hybridized carbons (Fsp3) is 0.391. The SMILES string of the molecule is CC[C@H](C(=O)NC)N(Cc1ccc(F)cc1)C(=O)CCCN(c1ccc(F)cc1)S(C)(=O)=O. The average molecular weight is 482 g/mol. The van der Waals surface area contributed by atoms with Gasteiger partial charge in [0.05, 0.1) is 11.9 Å². The van der Waals surface area contributed by atoms with Crippen molar-refractivity contribution in [3.05, 3.63) is 65.7 Å². The van der Waals surface area contributed by atoms with E-state index < -0.39 is 27.7 Å². The third-order valence-electron chi connectivity index (χ3n) is 5.17. The zero-order valence-electron chi connectivity index (χ0n) is 18.9. The molecule has 0 aliphatic carbocycles. The van der Waals surface area contributed by atoms with E-state index in [9.17, 15) is 26.8 Å². The summed E-state index contributed by atoms with van der Waals surface area (Å²) >= 11 is 0. The highest BCUT2D eigenvalue weighted by molar-refractivity contribution is 7.92. The van der Waals surface area contributed by atoms with Crippen LogP contribution in [0.25, 0.3) is 0 Å². The summed E-state index contributed by atoms with van der Waals surface area (Å²) in [7, 11) is -2.17. The Morgan fingerprint density at radius 1 is 1.00 bits per heavy atom. The molecule has 2 aromatic rings. The lowest BCUT2D eigenvalue weighted by molar-refractivity contribution is -0.141. The van der Waals surface area contributed by atoms with E-state index in [0.717, 1.165) is 22.7 Å². The van der Waals surface area contributed by atoms with E-state index in [1.165, 1.54) is 36.2 Å². The van der Waals surface area contributed by atoms with Gasteiger partial charge in [-0.05, 0) is 54.8 Å². The van der Waals surface area contributed by atoms with Crippen LogP contribution >= 0.6 is 0 Å². The zero-order chi connectivity index (χ0) is 24.6. The first-order chi connectivity index (χ1) is 15.6. The minimum atomic E-state index is -3.65. The number of halogens is 2. The van der Waals surface area contributed by atoms with E-state index in [0.29, 0.717) is 17.7 Å². The molecule has 180 valence electrons. The van der Waals surface area contributed by atoms with Crippen molar-refractivity contribution in [2.75, 3.05) is 24.2 Å². The summed E-state index contributed by atoms with van der Waals surface area (Å²) in [6.07, 6.45) is 1.59. The molecule has 0 radical (unpaired) electrons. The molecule has 0 saturated carbocycles. The van der Waals surface area contributed by atoms with E-state index in [1.807, 2.05) is 0 Å². The van der Waals surface area contributed by atoms with Gasteiger partial charge in [-0.3, -0.25) is 13.9 Å². The second kappa shape index (κ2) is 11.7. The molecule has 33 heavy (non-hydrogen) atoms. The molecule has 0 bridgehead atoms. The smallest absolute Gasteiger partial charge is 0.242 e. The highest BCUT2D eigenvalue weighted by atomic mass is 32.2. The topological polar surface area (TPSA) is 86.8 Å². The molecule has 0 fully saturated rings. The van der Waals surface area contributed by atoms with Crippen LogP contribution in [0.4, 0.5) is 14.5 Å². The highest BCUT2D eigenvalue weighted by Crippen LogP contribution is 2.20. The van der Waals surface area contributed by atoms with Crippen LogP contribution in [-0.4, -0.2) is 51.0 Å². The van der Waals surface area contributed by atoms with Gasteiger partial charge in [0.15, 0.2) is 0 Å². The molecule has 1 atom stereocenters. The number of anilines is 1. The quantitative estimate of drug-likeness (QED) is 0.535. The number of likely N-dealkylation sites (N-methyl/N-ethyl adjacent to an activating group) is 1. The molecular formula is C23H29F2N3O4S. The highest BCUT2D eigenvalue weighted by Gasteiger charge is 2.28. The standard InChI is InChI=1S/C23H29F2N3O4S/c1-4-21(23(30)26-2)27(16-17-7-9-18(24)10-8-17)22(29)6-5-15-28(33(3,31)32)20-13-11-19(25)12-14-20/h7-14,21H,4-6,15-16H2,1-3H3,(H,26,30)/t21-/m1/s1. The van der Waals surface area contributed by atoms with Crippen LogP contribution in [0.15, 0.2) is 48.5 Å². The molecule has 10 heteroatoms. The Morgan fingerprint density at radius 3 is 2.03 bits per heavy atom. The van der Waals surface area contributed by atoms with Gasteiger partial charge in [-0.15, -0.1) is 0 Å². The fourth-order valence-electron chi connectivity index (χ4n) is 3.48. The van der Waals surface area contributed by atoms with Gasteiger partial charge < -0.3 is 10.2 Å². The minimum absolute atomic E-state index is 0.0113. The van der Waals surface area contributed by atoms with Crippen LogP contribution in [0.5, 0.6) is 0 Å². The lowest BCUT2D eigenvalue weighted by atomic mass is 10.1. The number of benzene rings is 2. The Hall–Kier alpha value is -3.01. The number of carbonyl (C=O) groups excluding carboxylic acids is 2. The number of hydrogen-bond acceptors (Lipinski definition) is 4. The minimum Gasteiger partial charge on any atom is -0.357 e. The van der Waals surface area contributed by atoms with E-state index in [-0.39, 0.29) is 37.7 Å². The van der Waals surface area contributed by atoms with Gasteiger partial charge in [0.1, 0.15) is 17.7 Å². The van der Waals surface area contributed by atoms with E-state index in [4.69, 9.17) is 0 Å². The first kappa shape index (κ1) is 26.2. The Kier molecular flexibility index (Phi) is 9.33. The maximum Gasteiger partial charge on any atom is 0.242 e. The monoisotopic (exact) mass is 481 g/mol. The van der Waals surface area contributed by atoms with Gasteiger partial charge in [0, 0.05) is 26.6 Å². The lowest BCUT2D eigenvalue weighted by Gasteiger charge is -2.30. The molecule has 0 unspecified atom stereocenters. The molecule has 0 heterocycles. The van der Waals surface area contributed by atoms with Crippen molar-refractivity contribution in [2.24, 2.45) is 0 Å². The van der Waals surface area contributed by atoms with E-state index in [1.54, 1.807) is 19.1 Å². The normalized spacial score (nSPS) is 12.2. The number of hydrogen-bond donors (Lipinski definition) is 1. The van der Waals surface area contributed by atoms with Gasteiger partial charge in [-0.2, -0.15) is 0 Å². The molecule has 0 aliphatic rings. The van der Waals surface area contributed by atoms with Crippen LogP contribution in [0.1, 0.15) is 31.7 Å². The van der Waals surface area contributed by atoms with Crippen LogP contribution < -0.4 is 9.62 Å². The van der Waals surface area contributed by atoms with Gasteiger partial charge in [0.25, 0.3) is 0 Å². The number of sulfonamides is 1. The first-order valence-electron chi connectivity index (χ1n) is 10.6. The predicted octanol–water partition coefficient (Wildman–Crippen LogP) is 3.06. The molecule has 0 saturated heterocycles. The van der Waals surface area contributed by atoms with Crippen molar-refractivity contribution in [2.45, 2.75) is 38.8 Å². The maximum atomic E-state index is 13.3. The van der Waals surface area contributed by atoms with Crippen molar-refractivity contribution >= 4 is 27.5 Å². The Bertz CT molecular complexity index is 1040. The lowest BCUT2D eigenvalue weighted by Crippen LogP contribution is -2.48. The molecule has 0 aromatic heterocycles. The molecule has 7 nitrogen and oxygen atoms in total. The second-order valence-electron chi connectivity index (χ2n) is 7.60. The van der Waals surface area contributed by atoms with Crippen LogP contribution in [-0.2, 0) is 26.2 Å². The number of nitrogens with zero attached hydrogens (tertiary/aromatic N) is 2. The average Bonchev–Trinajstić information content (AvgIpc) is 2.77. The number of carbonyl (C=O) groups is 2. The maximum absolute atomic E-state index is 13.3. The third-order valence-corrected chi connectivity index (χ3v) is 6.36. The molecule has 0 aliphatic heterocycles.